The summed E-state index contributed by atoms with van der Waals surface area (Å²) in [6.07, 6.45) is 3.42. The zero-order chi connectivity index (χ0) is 20.4. The van der Waals surface area contributed by atoms with Gasteiger partial charge in [-0.15, -0.1) is 0 Å². The van der Waals surface area contributed by atoms with Crippen LogP contribution in [-0.4, -0.2) is 51.4 Å². The first-order chi connectivity index (χ1) is 14.0. The molecule has 2 aromatic heterocycles. The van der Waals surface area contributed by atoms with Gasteiger partial charge in [0.15, 0.2) is 5.82 Å². The molecule has 1 saturated heterocycles. The summed E-state index contributed by atoms with van der Waals surface area (Å²) in [7, 11) is 0. The van der Waals surface area contributed by atoms with Crippen LogP contribution in [0.3, 0.4) is 0 Å². The molecule has 3 heterocycles. The van der Waals surface area contributed by atoms with Gasteiger partial charge in [-0.25, -0.2) is 9.07 Å². The number of hydrogen-bond donors (Lipinski definition) is 2. The molecule has 2 atom stereocenters. The highest BCUT2D eigenvalue weighted by Gasteiger charge is 2.32. The molecule has 1 aliphatic rings. The number of aliphatic hydroxyl groups excluding tert-OH is 1. The number of ether oxygens (including phenoxy) is 1. The van der Waals surface area contributed by atoms with Crippen LogP contribution < -0.4 is 10.2 Å². The Balaban J connectivity index is 1.51. The summed E-state index contributed by atoms with van der Waals surface area (Å²) < 4.78 is 21.6. The average Bonchev–Trinajstić information content (AvgIpc) is 3.34. The molecule has 2 unspecified atom stereocenters. The van der Waals surface area contributed by atoms with Crippen molar-refractivity contribution in [3.05, 3.63) is 60.8 Å². The van der Waals surface area contributed by atoms with E-state index in [1.807, 2.05) is 18.2 Å². The Labute approximate surface area is 166 Å². The minimum Gasteiger partial charge on any atom is -0.354 e. The van der Waals surface area contributed by atoms with Crippen LogP contribution in [-0.2, 0) is 9.53 Å². The summed E-state index contributed by atoms with van der Waals surface area (Å²) in [5.41, 5.74) is 2.28. The summed E-state index contributed by atoms with van der Waals surface area (Å²) in [6, 6.07) is 10.2. The third kappa shape index (κ3) is 4.10. The fourth-order valence-corrected chi connectivity index (χ4v) is 3.18. The highest BCUT2D eigenvalue weighted by Crippen LogP contribution is 2.27. The molecule has 1 amide bonds. The van der Waals surface area contributed by atoms with E-state index in [-0.39, 0.29) is 24.2 Å². The number of nitrogens with one attached hydrogen (secondary N) is 1. The molecule has 4 rings (SSSR count). The van der Waals surface area contributed by atoms with E-state index in [0.29, 0.717) is 12.2 Å². The second kappa shape index (κ2) is 7.98. The third-order valence-electron chi connectivity index (χ3n) is 4.61. The number of carbonyl (C=O) groups excluding carboxylic acids is 1. The number of amides is 1. The minimum absolute atomic E-state index is 0.179. The van der Waals surface area contributed by atoms with Crippen molar-refractivity contribution < 1.29 is 19.0 Å². The lowest BCUT2D eigenvalue weighted by Gasteiger charge is -2.21. The maximum Gasteiger partial charge on any atom is 0.238 e. The van der Waals surface area contributed by atoms with E-state index < -0.39 is 12.2 Å². The van der Waals surface area contributed by atoms with E-state index in [0.717, 1.165) is 11.3 Å². The molecule has 9 heteroatoms. The van der Waals surface area contributed by atoms with Gasteiger partial charge in [0.2, 0.25) is 12.3 Å². The Morgan fingerprint density at radius 2 is 2.24 bits per heavy atom. The van der Waals surface area contributed by atoms with Crippen molar-refractivity contribution in [1.82, 2.24) is 20.1 Å². The molecular weight excluding hydrogens is 377 g/mol. The molecule has 1 fully saturated rings. The van der Waals surface area contributed by atoms with Crippen molar-refractivity contribution in [3.63, 3.8) is 0 Å². The zero-order valence-corrected chi connectivity index (χ0v) is 15.7. The summed E-state index contributed by atoms with van der Waals surface area (Å²) in [5.74, 6) is -0.670. The first-order valence-corrected chi connectivity index (χ1v) is 9.12. The number of anilines is 1. The van der Waals surface area contributed by atoms with E-state index in [1.165, 1.54) is 22.6 Å². The summed E-state index contributed by atoms with van der Waals surface area (Å²) in [6.45, 7) is 2.00. The summed E-state index contributed by atoms with van der Waals surface area (Å²) >= 11 is 0. The van der Waals surface area contributed by atoms with Gasteiger partial charge in [0, 0.05) is 37.1 Å². The Bertz CT molecular complexity index is 1010. The van der Waals surface area contributed by atoms with Crippen LogP contribution in [0.25, 0.3) is 16.9 Å². The molecule has 0 aliphatic carbocycles. The van der Waals surface area contributed by atoms with Crippen LogP contribution in [0.1, 0.15) is 6.92 Å². The van der Waals surface area contributed by atoms with Gasteiger partial charge in [-0.1, -0.05) is 6.07 Å². The molecule has 0 bridgehead atoms. The molecule has 2 N–H and O–H groups in total. The largest absolute Gasteiger partial charge is 0.354 e. The van der Waals surface area contributed by atoms with Crippen LogP contribution in [0, 0.1) is 5.82 Å². The van der Waals surface area contributed by atoms with Crippen molar-refractivity contribution in [1.29, 1.82) is 0 Å². The minimum atomic E-state index is -1.21. The number of aromatic nitrogens is 3. The standard InChI is InChI=1S/C20H20FN5O3/c1-13(27)23-10-16-12-25(20(28)29-16)15-5-6-19(17(21)8-15)26-11-14(9-24-26)18-4-2-3-7-22-18/h2-9,11,16,20,28H,10,12H2,1H3,(H,23,27). The van der Waals surface area contributed by atoms with Gasteiger partial charge in [0.1, 0.15) is 5.69 Å². The van der Waals surface area contributed by atoms with Crippen LogP contribution in [0.2, 0.25) is 0 Å². The van der Waals surface area contributed by atoms with E-state index in [9.17, 15) is 14.3 Å². The van der Waals surface area contributed by atoms with E-state index in [4.69, 9.17) is 4.74 Å². The molecule has 29 heavy (non-hydrogen) atoms. The number of carbonyl (C=O) groups is 1. The first-order valence-electron chi connectivity index (χ1n) is 9.12. The molecule has 0 saturated carbocycles. The SMILES string of the molecule is CC(=O)NCC1CN(c2ccc(-n3cc(-c4ccccn4)cn3)c(F)c2)C(O)O1. The number of pyridine rings is 1. The van der Waals surface area contributed by atoms with Gasteiger partial charge < -0.3 is 20.1 Å². The van der Waals surface area contributed by atoms with Gasteiger partial charge in [-0.05, 0) is 30.3 Å². The highest BCUT2D eigenvalue weighted by molar-refractivity contribution is 5.72. The van der Waals surface area contributed by atoms with E-state index in [1.54, 1.807) is 30.7 Å². The van der Waals surface area contributed by atoms with E-state index >= 15 is 0 Å². The normalized spacial score (nSPS) is 18.8. The highest BCUT2D eigenvalue weighted by atomic mass is 19.1. The predicted molar refractivity (Wildman–Crippen MR) is 104 cm³/mol. The quantitative estimate of drug-likeness (QED) is 0.681. The first kappa shape index (κ1) is 19.0. The molecular formula is C20H20FN5O3. The van der Waals surface area contributed by atoms with Gasteiger partial charge in [0.05, 0.1) is 24.5 Å². The fourth-order valence-electron chi connectivity index (χ4n) is 3.18. The zero-order valence-electron chi connectivity index (χ0n) is 15.7. The van der Waals surface area contributed by atoms with E-state index in [2.05, 4.69) is 15.4 Å². The van der Waals surface area contributed by atoms with Crippen molar-refractivity contribution >= 4 is 11.6 Å². The Morgan fingerprint density at radius 3 is 2.97 bits per heavy atom. The maximum absolute atomic E-state index is 14.8. The number of aliphatic hydroxyl groups is 1. The molecule has 150 valence electrons. The van der Waals surface area contributed by atoms with Crippen molar-refractivity contribution in [2.45, 2.75) is 19.4 Å². The van der Waals surface area contributed by atoms with Gasteiger partial charge in [-0.3, -0.25) is 9.78 Å². The lowest BCUT2D eigenvalue weighted by Crippen LogP contribution is -2.33. The van der Waals surface area contributed by atoms with Gasteiger partial charge in [0.25, 0.3) is 0 Å². The number of halogens is 1. The Morgan fingerprint density at radius 1 is 1.38 bits per heavy atom. The lowest BCUT2D eigenvalue weighted by atomic mass is 10.2. The Hall–Kier alpha value is -3.30. The fraction of sp³-hybridized carbons (Fsp3) is 0.250. The Kier molecular flexibility index (Phi) is 5.24. The maximum atomic E-state index is 14.8. The molecule has 3 aromatic rings. The predicted octanol–water partition coefficient (Wildman–Crippen LogP) is 1.69. The van der Waals surface area contributed by atoms with Gasteiger partial charge in [-0.2, -0.15) is 5.10 Å². The molecule has 0 spiro atoms. The second-order valence-corrected chi connectivity index (χ2v) is 6.70. The topological polar surface area (TPSA) is 92.5 Å². The molecule has 0 radical (unpaired) electrons. The molecule has 8 nitrogen and oxygen atoms in total. The number of benzene rings is 1. The van der Waals surface area contributed by atoms with Crippen molar-refractivity contribution in [2.75, 3.05) is 18.0 Å². The van der Waals surface area contributed by atoms with Crippen molar-refractivity contribution in [2.24, 2.45) is 0 Å². The number of nitrogens with zero attached hydrogens (tertiary/aromatic N) is 4. The number of rotatable bonds is 5. The van der Waals surface area contributed by atoms with Gasteiger partial charge >= 0.3 is 0 Å². The van der Waals surface area contributed by atoms with Crippen LogP contribution in [0.4, 0.5) is 10.1 Å². The monoisotopic (exact) mass is 397 g/mol. The van der Waals surface area contributed by atoms with Crippen molar-refractivity contribution in [3.8, 4) is 16.9 Å². The summed E-state index contributed by atoms with van der Waals surface area (Å²) in [4.78, 5) is 16.8. The molecule has 1 aliphatic heterocycles. The number of hydrogen-bond acceptors (Lipinski definition) is 6. The van der Waals surface area contributed by atoms with Crippen LogP contribution >= 0.6 is 0 Å². The van der Waals surface area contributed by atoms with Crippen LogP contribution in [0.5, 0.6) is 0 Å². The van der Waals surface area contributed by atoms with Crippen LogP contribution in [0.15, 0.2) is 55.0 Å². The smallest absolute Gasteiger partial charge is 0.238 e. The molecule has 1 aromatic carbocycles. The second-order valence-electron chi connectivity index (χ2n) is 6.70. The average molecular weight is 397 g/mol. The summed E-state index contributed by atoms with van der Waals surface area (Å²) in [5, 5.41) is 17.0. The third-order valence-corrected chi connectivity index (χ3v) is 4.61. The lowest BCUT2D eigenvalue weighted by molar-refractivity contribution is -0.121.